The Bertz CT molecular complexity index is 308. The summed E-state index contributed by atoms with van der Waals surface area (Å²) in [6.45, 7) is 0. The molecule has 1 aromatic rings. The van der Waals surface area contributed by atoms with Gasteiger partial charge in [-0.3, -0.25) is 0 Å². The summed E-state index contributed by atoms with van der Waals surface area (Å²) in [7, 11) is 0. The Balaban J connectivity index is 3.38. The van der Waals surface area contributed by atoms with E-state index >= 15 is 0 Å². The van der Waals surface area contributed by atoms with Crippen molar-refractivity contribution in [1.29, 1.82) is 0 Å². The van der Waals surface area contributed by atoms with Gasteiger partial charge in [-0.25, -0.2) is 0 Å². The molecule has 0 atom stereocenters. The predicted octanol–water partition coefficient (Wildman–Crippen LogP) is 3.16. The van der Waals surface area contributed by atoms with Crippen molar-refractivity contribution in [2.45, 2.75) is 14.8 Å². The van der Waals surface area contributed by atoms with Crippen molar-refractivity contribution in [3.8, 4) is 0 Å². The summed E-state index contributed by atoms with van der Waals surface area (Å²) in [5.41, 5.74) is 0. The van der Waals surface area contributed by atoms with Gasteiger partial charge in [0.2, 0.25) is 0 Å². The number of rotatable bonds is 1. The zero-order valence-corrected chi connectivity index (χ0v) is 11.4. The fourth-order valence-electron chi connectivity index (χ4n) is 1.26. The molecule has 0 amide bonds. The summed E-state index contributed by atoms with van der Waals surface area (Å²) in [5.74, 6) is -0.985. The maximum absolute atomic E-state index is 13.3. The van der Waals surface area contributed by atoms with Gasteiger partial charge in [0, 0.05) is 0 Å². The molecule has 0 spiro atoms. The van der Waals surface area contributed by atoms with Crippen LogP contribution in [0.15, 0.2) is 12.1 Å². The van der Waals surface area contributed by atoms with Gasteiger partial charge in [-0.05, 0) is 0 Å². The monoisotopic (exact) mass is 312 g/mol. The average molecular weight is 311 g/mol. The van der Waals surface area contributed by atoms with E-state index in [0.29, 0.717) is 3.58 Å². The summed E-state index contributed by atoms with van der Waals surface area (Å²) in [4.78, 5) is 5.89. The second-order valence-corrected chi connectivity index (χ2v) is 18.7. The Kier molecular flexibility index (Phi) is 3.23. The second kappa shape index (κ2) is 3.73. The van der Waals surface area contributed by atoms with Crippen LogP contribution >= 0.6 is 11.6 Å². The Morgan fingerprint density at radius 1 is 1.08 bits per heavy atom. The van der Waals surface area contributed by atoms with E-state index in [2.05, 4.69) is 0 Å². The molecule has 0 unspecified atom stereocenters. The first-order valence-electron chi connectivity index (χ1n) is 3.97. The van der Waals surface area contributed by atoms with Crippen molar-refractivity contribution < 1.29 is 8.78 Å². The molecule has 0 saturated carbocycles. The van der Waals surface area contributed by atoms with Crippen LogP contribution < -0.4 is 3.58 Å². The Morgan fingerprint density at radius 3 is 1.77 bits per heavy atom. The molecule has 4 heteroatoms. The molecule has 0 aromatic heterocycles. The third-order valence-electron chi connectivity index (χ3n) is 1.76. The summed E-state index contributed by atoms with van der Waals surface area (Å²) in [6, 6.07) is 2.37. The molecule has 0 saturated heterocycles. The number of benzene rings is 1. The van der Waals surface area contributed by atoms with Gasteiger partial charge in [-0.1, -0.05) is 0 Å². The van der Waals surface area contributed by atoms with Crippen LogP contribution in [0.1, 0.15) is 0 Å². The third-order valence-corrected chi connectivity index (χ3v) is 7.62. The van der Waals surface area contributed by atoms with Gasteiger partial charge >= 0.3 is 85.9 Å². The molecule has 0 bridgehead atoms. The van der Waals surface area contributed by atoms with E-state index in [1.807, 2.05) is 14.8 Å². The SMILES string of the molecule is [CH3][Sn]([CH3])([CH3])[c]1c(F)cc(Cl)cc1F. The average Bonchev–Trinajstić information content (AvgIpc) is 1.78. The van der Waals surface area contributed by atoms with E-state index in [0.717, 1.165) is 0 Å². The first-order valence-corrected chi connectivity index (χ1v) is 14.3. The number of halogens is 3. The first-order chi connectivity index (χ1) is 5.82. The van der Waals surface area contributed by atoms with E-state index in [-0.39, 0.29) is 5.02 Å². The van der Waals surface area contributed by atoms with E-state index in [1.165, 1.54) is 12.1 Å². The number of hydrogen-bond donors (Lipinski definition) is 0. The van der Waals surface area contributed by atoms with E-state index in [1.54, 1.807) is 0 Å². The maximum atomic E-state index is 13.3. The zero-order valence-electron chi connectivity index (χ0n) is 7.79. The molecule has 13 heavy (non-hydrogen) atoms. The topological polar surface area (TPSA) is 0 Å². The molecule has 0 aliphatic rings. The van der Waals surface area contributed by atoms with Crippen molar-refractivity contribution in [3.63, 3.8) is 0 Å². The van der Waals surface area contributed by atoms with Crippen molar-refractivity contribution in [2.75, 3.05) is 0 Å². The quantitative estimate of drug-likeness (QED) is 0.699. The van der Waals surface area contributed by atoms with Crippen molar-refractivity contribution >= 4 is 33.6 Å². The summed E-state index contributed by atoms with van der Waals surface area (Å²) < 4.78 is 27.0. The van der Waals surface area contributed by atoms with Crippen LogP contribution in [0.4, 0.5) is 8.78 Å². The summed E-state index contributed by atoms with van der Waals surface area (Å²) >= 11 is 2.84. The van der Waals surface area contributed by atoms with Crippen molar-refractivity contribution in [2.24, 2.45) is 0 Å². The van der Waals surface area contributed by atoms with Crippen LogP contribution in [0.5, 0.6) is 0 Å². The van der Waals surface area contributed by atoms with Gasteiger partial charge < -0.3 is 0 Å². The molecular weight excluding hydrogens is 300 g/mol. The Labute approximate surface area is 85.8 Å². The van der Waals surface area contributed by atoms with E-state index in [4.69, 9.17) is 11.6 Å². The molecule has 1 aromatic carbocycles. The standard InChI is InChI=1S/C6H2ClF2.3CH3.Sn/c7-4-1-5(8)3-6(9)2-4;;;;/h1-2H;3*1H3;. The third kappa shape index (κ3) is 2.56. The van der Waals surface area contributed by atoms with Crippen molar-refractivity contribution in [1.82, 2.24) is 0 Å². The van der Waals surface area contributed by atoms with Crippen LogP contribution in [0.25, 0.3) is 0 Å². The van der Waals surface area contributed by atoms with Gasteiger partial charge in [0.05, 0.1) is 0 Å². The van der Waals surface area contributed by atoms with Crippen LogP contribution in [-0.2, 0) is 0 Å². The van der Waals surface area contributed by atoms with E-state index < -0.39 is 30.0 Å². The van der Waals surface area contributed by atoms with Crippen LogP contribution in [0, 0.1) is 11.6 Å². The fraction of sp³-hybridized carbons (Fsp3) is 0.333. The molecule has 0 fully saturated rings. The van der Waals surface area contributed by atoms with Gasteiger partial charge in [-0.2, -0.15) is 0 Å². The van der Waals surface area contributed by atoms with Crippen molar-refractivity contribution in [3.05, 3.63) is 28.8 Å². The van der Waals surface area contributed by atoms with Crippen LogP contribution in [0.2, 0.25) is 19.8 Å². The van der Waals surface area contributed by atoms with Gasteiger partial charge in [-0.15, -0.1) is 0 Å². The molecule has 1 rings (SSSR count). The fourth-order valence-corrected chi connectivity index (χ4v) is 5.95. The molecular formula is C9H11ClF2Sn. The van der Waals surface area contributed by atoms with Gasteiger partial charge in [0.15, 0.2) is 0 Å². The zero-order chi connectivity index (χ0) is 10.2. The normalized spacial score (nSPS) is 11.8. The molecule has 0 heterocycles. The minimum absolute atomic E-state index is 0.120. The predicted molar refractivity (Wildman–Crippen MR) is 54.3 cm³/mol. The van der Waals surface area contributed by atoms with E-state index in [9.17, 15) is 8.78 Å². The molecule has 0 nitrogen and oxygen atoms in total. The summed E-state index contributed by atoms with van der Waals surface area (Å²) in [5, 5.41) is 0.120. The van der Waals surface area contributed by atoms with Crippen LogP contribution in [0.3, 0.4) is 0 Å². The molecule has 0 radical (unpaired) electrons. The Hall–Kier alpha value is 0.169. The summed E-state index contributed by atoms with van der Waals surface area (Å²) in [6.07, 6.45) is 0. The van der Waals surface area contributed by atoms with Gasteiger partial charge in [0.1, 0.15) is 0 Å². The minimum atomic E-state index is -2.68. The molecule has 0 N–H and O–H groups in total. The first kappa shape index (κ1) is 11.2. The molecule has 72 valence electrons. The number of hydrogen-bond acceptors (Lipinski definition) is 0. The second-order valence-electron chi connectivity index (χ2n) is 3.99. The van der Waals surface area contributed by atoms with Crippen LogP contribution in [-0.4, -0.2) is 18.4 Å². The van der Waals surface area contributed by atoms with Gasteiger partial charge in [0.25, 0.3) is 0 Å². The Morgan fingerprint density at radius 2 is 1.46 bits per heavy atom. The molecule has 0 aliphatic carbocycles. The molecule has 0 aliphatic heterocycles.